The number of aliphatic carboxylic acids is 1. The van der Waals surface area contributed by atoms with Crippen LogP contribution >= 0.6 is 0 Å². The Morgan fingerprint density at radius 3 is 2.53 bits per heavy atom. The van der Waals surface area contributed by atoms with Crippen LogP contribution in [0.25, 0.3) is 0 Å². The molecule has 1 heterocycles. The maximum Gasteiger partial charge on any atom is 0.326 e. The average molecular weight is 213 g/mol. The molecule has 0 aromatic heterocycles. The minimum Gasteiger partial charge on any atom is -0.480 e. The van der Waals surface area contributed by atoms with Crippen molar-refractivity contribution in [2.75, 3.05) is 6.54 Å². The van der Waals surface area contributed by atoms with Gasteiger partial charge in [0.25, 0.3) is 0 Å². The summed E-state index contributed by atoms with van der Waals surface area (Å²) in [5, 5.41) is 18.3. The first-order valence-electron chi connectivity index (χ1n) is 5.28. The van der Waals surface area contributed by atoms with E-state index in [0.29, 0.717) is 12.3 Å². The van der Waals surface area contributed by atoms with Crippen molar-refractivity contribution in [3.05, 3.63) is 0 Å². The van der Waals surface area contributed by atoms with Gasteiger partial charge >= 0.3 is 5.97 Å². The van der Waals surface area contributed by atoms with E-state index in [2.05, 4.69) is 0 Å². The molecule has 2 N–H and O–H groups in total. The third-order valence-corrected chi connectivity index (χ3v) is 3.04. The van der Waals surface area contributed by atoms with Gasteiger partial charge in [0.05, 0.1) is 6.10 Å². The van der Waals surface area contributed by atoms with E-state index < -0.39 is 18.1 Å². The van der Waals surface area contributed by atoms with Crippen molar-refractivity contribution < 1.29 is 19.8 Å². The largest absolute Gasteiger partial charge is 0.480 e. The smallest absolute Gasteiger partial charge is 0.326 e. The van der Waals surface area contributed by atoms with Gasteiger partial charge in [0.2, 0.25) is 5.91 Å². The van der Waals surface area contributed by atoms with Crippen molar-refractivity contribution in [3.8, 4) is 0 Å². The predicted molar refractivity (Wildman–Crippen MR) is 51.1 cm³/mol. The van der Waals surface area contributed by atoms with Gasteiger partial charge < -0.3 is 15.1 Å². The molecule has 1 aliphatic carbocycles. The van der Waals surface area contributed by atoms with Gasteiger partial charge in [0.15, 0.2) is 0 Å². The Hall–Kier alpha value is -1.10. The van der Waals surface area contributed by atoms with E-state index >= 15 is 0 Å². The van der Waals surface area contributed by atoms with Crippen molar-refractivity contribution in [2.24, 2.45) is 5.92 Å². The van der Waals surface area contributed by atoms with E-state index in [1.54, 1.807) is 0 Å². The number of hydrogen-bond donors (Lipinski definition) is 2. The van der Waals surface area contributed by atoms with Crippen molar-refractivity contribution in [2.45, 2.75) is 37.8 Å². The third kappa shape index (κ3) is 2.28. The highest BCUT2D eigenvalue weighted by molar-refractivity contribution is 5.84. The second kappa shape index (κ2) is 3.81. The molecular formula is C10H15NO4. The van der Waals surface area contributed by atoms with E-state index in [1.807, 2.05) is 0 Å². The zero-order valence-electron chi connectivity index (χ0n) is 8.43. The number of carbonyl (C=O) groups excluding carboxylic acids is 1. The van der Waals surface area contributed by atoms with Crippen LogP contribution in [-0.2, 0) is 9.59 Å². The average Bonchev–Trinajstić information content (AvgIpc) is 2.86. The molecule has 0 spiro atoms. The quantitative estimate of drug-likeness (QED) is 0.682. The maximum absolute atomic E-state index is 11.7. The lowest BCUT2D eigenvalue weighted by Crippen LogP contribution is -2.40. The molecule has 5 heteroatoms. The van der Waals surface area contributed by atoms with Crippen LogP contribution < -0.4 is 0 Å². The highest BCUT2D eigenvalue weighted by Crippen LogP contribution is 2.34. The summed E-state index contributed by atoms with van der Waals surface area (Å²) in [4.78, 5) is 23.9. The number of β-amino-alcohol motifs (C(OH)–C–C–N with tert-alkyl or cyclic N) is 1. The molecule has 0 bridgehead atoms. The SMILES string of the molecule is O=C(O)C1CC(O)CN1C(=O)CC1CC1. The Morgan fingerprint density at radius 1 is 1.33 bits per heavy atom. The van der Waals surface area contributed by atoms with Gasteiger partial charge in [-0.1, -0.05) is 0 Å². The zero-order valence-corrected chi connectivity index (χ0v) is 8.43. The molecule has 2 fully saturated rings. The minimum absolute atomic E-state index is 0.124. The van der Waals surface area contributed by atoms with Gasteiger partial charge in [-0.05, 0) is 18.8 Å². The van der Waals surface area contributed by atoms with E-state index in [4.69, 9.17) is 5.11 Å². The second-order valence-electron chi connectivity index (χ2n) is 4.44. The molecule has 1 saturated heterocycles. The molecule has 2 unspecified atom stereocenters. The van der Waals surface area contributed by atoms with Crippen LogP contribution in [0, 0.1) is 5.92 Å². The number of carboxylic acids is 1. The molecule has 2 atom stereocenters. The minimum atomic E-state index is -1.02. The highest BCUT2D eigenvalue weighted by Gasteiger charge is 2.40. The summed E-state index contributed by atoms with van der Waals surface area (Å²) >= 11 is 0. The Bertz CT molecular complexity index is 287. The van der Waals surface area contributed by atoms with E-state index in [0.717, 1.165) is 12.8 Å². The lowest BCUT2D eigenvalue weighted by Gasteiger charge is -2.20. The van der Waals surface area contributed by atoms with Gasteiger partial charge in [0.1, 0.15) is 6.04 Å². The predicted octanol–water partition coefficient (Wildman–Crippen LogP) is -0.167. The summed E-state index contributed by atoms with van der Waals surface area (Å²) in [6.07, 6.45) is 2.05. The summed E-state index contributed by atoms with van der Waals surface area (Å²) < 4.78 is 0. The number of rotatable bonds is 3. The molecule has 2 rings (SSSR count). The topological polar surface area (TPSA) is 77.8 Å². The van der Waals surface area contributed by atoms with Gasteiger partial charge in [-0.2, -0.15) is 0 Å². The second-order valence-corrected chi connectivity index (χ2v) is 4.44. The number of likely N-dealkylation sites (tertiary alicyclic amines) is 1. The van der Waals surface area contributed by atoms with Crippen molar-refractivity contribution in [1.82, 2.24) is 4.90 Å². The first kappa shape index (κ1) is 10.4. The van der Waals surface area contributed by atoms with Crippen LogP contribution in [0.5, 0.6) is 0 Å². The fraction of sp³-hybridized carbons (Fsp3) is 0.800. The molecule has 1 amide bonds. The lowest BCUT2D eigenvalue weighted by molar-refractivity contribution is -0.148. The van der Waals surface area contributed by atoms with Crippen molar-refractivity contribution in [3.63, 3.8) is 0 Å². The van der Waals surface area contributed by atoms with Gasteiger partial charge in [-0.3, -0.25) is 4.79 Å². The molecule has 0 radical (unpaired) electrons. The van der Waals surface area contributed by atoms with E-state index in [-0.39, 0.29) is 18.9 Å². The van der Waals surface area contributed by atoms with Crippen LogP contribution in [0.3, 0.4) is 0 Å². The Kier molecular flexibility index (Phi) is 2.65. The van der Waals surface area contributed by atoms with Crippen LogP contribution in [0.1, 0.15) is 25.7 Å². The normalized spacial score (nSPS) is 30.6. The lowest BCUT2D eigenvalue weighted by atomic mass is 10.2. The summed E-state index contributed by atoms with van der Waals surface area (Å²) in [5.41, 5.74) is 0. The Labute approximate surface area is 87.7 Å². The summed E-state index contributed by atoms with van der Waals surface area (Å²) in [6.45, 7) is 0.169. The number of amides is 1. The standard InChI is InChI=1S/C10H15NO4/c12-7-4-8(10(14)15)11(5-7)9(13)3-6-1-2-6/h6-8,12H,1-5H2,(H,14,15). The van der Waals surface area contributed by atoms with Gasteiger partial charge in [-0.25, -0.2) is 4.79 Å². The van der Waals surface area contributed by atoms with Crippen molar-refractivity contribution >= 4 is 11.9 Å². The van der Waals surface area contributed by atoms with Crippen molar-refractivity contribution in [1.29, 1.82) is 0 Å². The van der Waals surface area contributed by atoms with Crippen LogP contribution in [0.4, 0.5) is 0 Å². The molecule has 5 nitrogen and oxygen atoms in total. The number of carboxylic acid groups (broad SMARTS) is 1. The summed E-state index contributed by atoms with van der Waals surface area (Å²) in [6, 6.07) is -0.828. The fourth-order valence-corrected chi connectivity index (χ4v) is 2.01. The number of carbonyl (C=O) groups is 2. The number of aliphatic hydroxyl groups excluding tert-OH is 1. The van der Waals surface area contributed by atoms with Gasteiger partial charge in [0, 0.05) is 19.4 Å². The van der Waals surface area contributed by atoms with Crippen LogP contribution in [0.15, 0.2) is 0 Å². The molecular weight excluding hydrogens is 198 g/mol. The molecule has 84 valence electrons. The van der Waals surface area contributed by atoms with E-state index in [9.17, 15) is 14.7 Å². The Balaban J connectivity index is 1.98. The molecule has 1 aliphatic heterocycles. The molecule has 0 aromatic rings. The molecule has 15 heavy (non-hydrogen) atoms. The molecule has 1 saturated carbocycles. The van der Waals surface area contributed by atoms with Crippen LogP contribution in [0.2, 0.25) is 0 Å². The Morgan fingerprint density at radius 2 is 2.00 bits per heavy atom. The highest BCUT2D eigenvalue weighted by atomic mass is 16.4. The fourth-order valence-electron chi connectivity index (χ4n) is 2.01. The number of aliphatic hydroxyl groups is 1. The summed E-state index contributed by atoms with van der Waals surface area (Å²) in [5.74, 6) is -0.693. The third-order valence-electron chi connectivity index (χ3n) is 3.04. The number of nitrogens with zero attached hydrogens (tertiary/aromatic N) is 1. The molecule has 2 aliphatic rings. The van der Waals surface area contributed by atoms with E-state index in [1.165, 1.54) is 4.90 Å². The first-order chi connectivity index (χ1) is 7.08. The van der Waals surface area contributed by atoms with Crippen LogP contribution in [-0.4, -0.2) is 45.7 Å². The first-order valence-corrected chi connectivity index (χ1v) is 5.28. The summed E-state index contributed by atoms with van der Waals surface area (Å²) in [7, 11) is 0. The number of hydrogen-bond acceptors (Lipinski definition) is 3. The molecule has 0 aromatic carbocycles. The maximum atomic E-state index is 11.7. The van der Waals surface area contributed by atoms with Gasteiger partial charge in [-0.15, -0.1) is 0 Å². The monoisotopic (exact) mass is 213 g/mol. The zero-order chi connectivity index (χ0) is 11.0.